The van der Waals surface area contributed by atoms with E-state index in [1.165, 1.54) is 13.2 Å². The number of rotatable bonds is 1. The lowest BCUT2D eigenvalue weighted by Crippen LogP contribution is -2.08. The molecule has 86 valence electrons. The third kappa shape index (κ3) is 2.10. The molecule has 1 N–H and O–H groups in total. The summed E-state index contributed by atoms with van der Waals surface area (Å²) < 4.78 is 4.58. The fourth-order valence-corrected chi connectivity index (χ4v) is 1.70. The van der Waals surface area contributed by atoms with E-state index < -0.39 is 5.97 Å². The number of hydrogen-bond acceptors (Lipinski definition) is 4. The van der Waals surface area contributed by atoms with E-state index in [-0.39, 0.29) is 0 Å². The van der Waals surface area contributed by atoms with Crippen molar-refractivity contribution in [2.75, 3.05) is 7.11 Å². The smallest absolute Gasteiger partial charge is 0.331 e. The second-order valence-corrected chi connectivity index (χ2v) is 3.49. The van der Waals surface area contributed by atoms with E-state index in [0.717, 1.165) is 11.1 Å². The normalized spacial score (nSPS) is 18.2. The lowest BCUT2D eigenvalue weighted by Gasteiger charge is -2.14. The highest BCUT2D eigenvalue weighted by Gasteiger charge is 2.17. The number of benzene rings is 1. The van der Waals surface area contributed by atoms with Gasteiger partial charge >= 0.3 is 5.97 Å². The van der Waals surface area contributed by atoms with Crippen LogP contribution in [0.1, 0.15) is 11.1 Å². The van der Waals surface area contributed by atoms with E-state index in [1.54, 1.807) is 6.08 Å². The van der Waals surface area contributed by atoms with Gasteiger partial charge in [-0.3, -0.25) is 0 Å². The largest absolute Gasteiger partial charge is 0.466 e. The molecule has 4 nitrogen and oxygen atoms in total. The van der Waals surface area contributed by atoms with E-state index in [0.29, 0.717) is 11.3 Å². The van der Waals surface area contributed by atoms with Gasteiger partial charge in [0.2, 0.25) is 0 Å². The molecule has 0 amide bonds. The molecule has 0 unspecified atom stereocenters. The molecule has 2 rings (SSSR count). The van der Waals surface area contributed by atoms with Crippen LogP contribution in [-0.4, -0.2) is 24.0 Å². The average molecular weight is 229 g/mol. The second-order valence-electron chi connectivity index (χ2n) is 3.49. The van der Waals surface area contributed by atoms with Gasteiger partial charge in [0.1, 0.15) is 5.71 Å². The zero-order valence-corrected chi connectivity index (χ0v) is 9.25. The molecule has 0 spiro atoms. The predicted molar refractivity (Wildman–Crippen MR) is 64.7 cm³/mol. The topological polar surface area (TPSA) is 58.9 Å². The Morgan fingerprint density at radius 2 is 2.12 bits per heavy atom. The van der Waals surface area contributed by atoms with Crippen molar-refractivity contribution in [2.45, 2.75) is 0 Å². The van der Waals surface area contributed by atoms with E-state index in [2.05, 4.69) is 9.89 Å². The number of hydrogen-bond donors (Lipinski definition) is 1. The molecule has 0 aliphatic heterocycles. The van der Waals surface area contributed by atoms with Crippen LogP contribution < -0.4 is 0 Å². The number of carbonyl (C=O) groups excluding carboxylic acids is 1. The molecule has 0 bridgehead atoms. The van der Waals surface area contributed by atoms with Crippen LogP contribution in [0.15, 0.2) is 41.6 Å². The highest BCUT2D eigenvalue weighted by atomic mass is 16.5. The zero-order chi connectivity index (χ0) is 12.3. The Hall–Kier alpha value is -2.36. The summed E-state index contributed by atoms with van der Waals surface area (Å²) in [4.78, 5) is 11.3. The van der Waals surface area contributed by atoms with E-state index in [9.17, 15) is 4.79 Å². The van der Waals surface area contributed by atoms with Crippen LogP contribution in [0, 0.1) is 0 Å². The number of esters is 1. The molecule has 1 aromatic rings. The number of fused-ring (bicyclic) bond motifs is 1. The number of ether oxygens (including phenoxy) is 1. The van der Waals surface area contributed by atoms with Crippen molar-refractivity contribution in [3.8, 4) is 0 Å². The van der Waals surface area contributed by atoms with Gasteiger partial charge in [-0.25, -0.2) is 4.79 Å². The first kappa shape index (κ1) is 11.1. The van der Waals surface area contributed by atoms with E-state index in [4.69, 9.17) is 5.21 Å². The fourth-order valence-electron chi connectivity index (χ4n) is 1.70. The van der Waals surface area contributed by atoms with Gasteiger partial charge in [-0.15, -0.1) is 0 Å². The van der Waals surface area contributed by atoms with Crippen molar-refractivity contribution in [1.82, 2.24) is 0 Å². The Morgan fingerprint density at radius 3 is 2.82 bits per heavy atom. The molecule has 0 saturated heterocycles. The zero-order valence-electron chi connectivity index (χ0n) is 9.25. The summed E-state index contributed by atoms with van der Waals surface area (Å²) in [7, 11) is 1.31. The van der Waals surface area contributed by atoms with Gasteiger partial charge in [-0.1, -0.05) is 35.5 Å². The molecule has 0 heterocycles. The van der Waals surface area contributed by atoms with Crippen molar-refractivity contribution in [2.24, 2.45) is 5.16 Å². The summed E-state index contributed by atoms with van der Waals surface area (Å²) in [5.74, 6) is -0.480. The third-order valence-electron chi connectivity index (χ3n) is 2.52. The number of methoxy groups -OCH3 is 1. The maximum absolute atomic E-state index is 11.3. The summed E-state index contributed by atoms with van der Waals surface area (Å²) in [6.45, 7) is 0. The minimum atomic E-state index is -0.480. The molecule has 0 radical (unpaired) electrons. The van der Waals surface area contributed by atoms with Crippen LogP contribution in [0.3, 0.4) is 0 Å². The van der Waals surface area contributed by atoms with Crippen LogP contribution in [0.5, 0.6) is 0 Å². The van der Waals surface area contributed by atoms with Crippen LogP contribution in [0.4, 0.5) is 0 Å². The van der Waals surface area contributed by atoms with Crippen molar-refractivity contribution in [3.05, 3.63) is 47.5 Å². The van der Waals surface area contributed by atoms with Crippen LogP contribution in [-0.2, 0) is 9.53 Å². The van der Waals surface area contributed by atoms with Gasteiger partial charge in [-0.2, -0.15) is 0 Å². The first-order valence-corrected chi connectivity index (χ1v) is 5.06. The maximum atomic E-state index is 11.3. The first-order valence-electron chi connectivity index (χ1n) is 5.06. The molecular weight excluding hydrogens is 218 g/mol. The molecule has 4 heteroatoms. The minimum Gasteiger partial charge on any atom is -0.466 e. The lowest BCUT2D eigenvalue weighted by molar-refractivity contribution is -0.134. The number of carbonyl (C=O) groups is 1. The summed E-state index contributed by atoms with van der Waals surface area (Å²) >= 11 is 0. The van der Waals surface area contributed by atoms with Gasteiger partial charge < -0.3 is 9.94 Å². The SMILES string of the molecule is COC(=O)/C=C1/C(=N/O)C=Cc2ccccc21. The quantitative estimate of drug-likeness (QED) is 0.347. The molecule has 0 saturated carbocycles. The van der Waals surface area contributed by atoms with Crippen molar-refractivity contribution < 1.29 is 14.7 Å². The highest BCUT2D eigenvalue weighted by Crippen LogP contribution is 2.27. The van der Waals surface area contributed by atoms with Gasteiger partial charge in [-0.05, 0) is 17.2 Å². The van der Waals surface area contributed by atoms with Crippen LogP contribution >= 0.6 is 0 Å². The van der Waals surface area contributed by atoms with Crippen molar-refractivity contribution in [3.63, 3.8) is 0 Å². The molecule has 1 aliphatic carbocycles. The van der Waals surface area contributed by atoms with Gasteiger partial charge in [0.05, 0.1) is 7.11 Å². The maximum Gasteiger partial charge on any atom is 0.331 e. The number of oxime groups is 1. The summed E-state index contributed by atoms with van der Waals surface area (Å²) in [6, 6.07) is 7.54. The molecule has 1 aliphatic rings. The molecule has 0 fully saturated rings. The molecule has 0 atom stereocenters. The third-order valence-corrected chi connectivity index (χ3v) is 2.52. The summed E-state index contributed by atoms with van der Waals surface area (Å²) in [5.41, 5.74) is 2.70. The predicted octanol–water partition coefficient (Wildman–Crippen LogP) is 2.10. The molecule has 1 aromatic carbocycles. The first-order chi connectivity index (χ1) is 8.26. The number of nitrogens with zero attached hydrogens (tertiary/aromatic N) is 1. The summed E-state index contributed by atoms with van der Waals surface area (Å²) in [6.07, 6.45) is 4.80. The monoisotopic (exact) mass is 229 g/mol. The Balaban J connectivity index is 2.58. The van der Waals surface area contributed by atoms with Crippen molar-refractivity contribution in [1.29, 1.82) is 0 Å². The van der Waals surface area contributed by atoms with Gasteiger partial charge in [0, 0.05) is 11.6 Å². The standard InChI is InChI=1S/C13H11NO3/c1-17-13(15)8-11-10-5-3-2-4-9(10)6-7-12(11)14-16/h2-8,16H,1H3/b11-8+,14-12+. The Bertz CT molecular complexity index is 541. The molecule has 0 aromatic heterocycles. The van der Waals surface area contributed by atoms with E-state index in [1.807, 2.05) is 30.3 Å². The van der Waals surface area contributed by atoms with Crippen LogP contribution in [0.2, 0.25) is 0 Å². The van der Waals surface area contributed by atoms with Crippen molar-refractivity contribution >= 4 is 23.3 Å². The number of allylic oxidation sites excluding steroid dienone is 2. The average Bonchev–Trinajstić information content (AvgIpc) is 2.39. The molecule has 17 heavy (non-hydrogen) atoms. The van der Waals surface area contributed by atoms with Gasteiger partial charge in [0.25, 0.3) is 0 Å². The minimum absolute atomic E-state index is 0.342. The highest BCUT2D eigenvalue weighted by molar-refractivity contribution is 6.34. The molecular formula is C13H11NO3. The Labute approximate surface area is 98.5 Å². The second kappa shape index (κ2) is 4.65. The fraction of sp³-hybridized carbons (Fsp3) is 0.0769. The lowest BCUT2D eigenvalue weighted by atomic mass is 9.91. The van der Waals surface area contributed by atoms with Gasteiger partial charge in [0.15, 0.2) is 0 Å². The van der Waals surface area contributed by atoms with E-state index >= 15 is 0 Å². The van der Waals surface area contributed by atoms with Crippen LogP contribution in [0.25, 0.3) is 11.6 Å². The Morgan fingerprint density at radius 1 is 1.35 bits per heavy atom. The summed E-state index contributed by atoms with van der Waals surface area (Å²) in [5, 5.41) is 12.1. The Kier molecular flexibility index (Phi) is 3.05.